The summed E-state index contributed by atoms with van der Waals surface area (Å²) in [6.45, 7) is 0. The van der Waals surface area contributed by atoms with E-state index in [1.165, 1.54) is 11.6 Å². The van der Waals surface area contributed by atoms with Crippen LogP contribution in [0.4, 0.5) is 3.89 Å². The fourth-order valence-electron chi connectivity index (χ4n) is 1.56. The molecule has 0 unspecified atom stereocenters. The summed E-state index contributed by atoms with van der Waals surface area (Å²) in [5.41, 5.74) is 0. The topological polar surface area (TPSA) is 64.8 Å². The summed E-state index contributed by atoms with van der Waals surface area (Å²) in [7, 11) is -3.27. The molecule has 5 nitrogen and oxygen atoms in total. The SMILES string of the molecule is Cn1c(C2CCC2)nnc1S(=O)(=O)F. The molecular formula is C7H10FN3O2S. The molecule has 0 amide bonds. The van der Waals surface area contributed by atoms with Gasteiger partial charge >= 0.3 is 10.2 Å². The second kappa shape index (κ2) is 3.01. The molecule has 1 fully saturated rings. The van der Waals surface area contributed by atoms with Crippen LogP contribution in [0.5, 0.6) is 0 Å². The quantitative estimate of drug-likeness (QED) is 0.688. The van der Waals surface area contributed by atoms with E-state index >= 15 is 0 Å². The molecule has 7 heteroatoms. The minimum absolute atomic E-state index is 0.239. The smallest absolute Gasteiger partial charge is 0.303 e. The summed E-state index contributed by atoms with van der Waals surface area (Å²) >= 11 is 0. The third-order valence-electron chi connectivity index (χ3n) is 2.56. The molecule has 1 aromatic heterocycles. The molecule has 0 radical (unpaired) electrons. The predicted octanol–water partition coefficient (Wildman–Crippen LogP) is 0.741. The number of rotatable bonds is 2. The highest BCUT2D eigenvalue weighted by Gasteiger charge is 2.29. The highest BCUT2D eigenvalue weighted by molar-refractivity contribution is 7.86. The van der Waals surface area contributed by atoms with Crippen LogP contribution < -0.4 is 0 Å². The first-order chi connectivity index (χ1) is 6.50. The van der Waals surface area contributed by atoms with Crippen LogP contribution in [0.15, 0.2) is 5.16 Å². The zero-order chi connectivity index (χ0) is 10.3. The van der Waals surface area contributed by atoms with E-state index in [0.29, 0.717) is 5.82 Å². The van der Waals surface area contributed by atoms with Gasteiger partial charge in [0.1, 0.15) is 5.82 Å². The third kappa shape index (κ3) is 1.41. The van der Waals surface area contributed by atoms with Gasteiger partial charge in [0.05, 0.1) is 0 Å². The summed E-state index contributed by atoms with van der Waals surface area (Å²) in [5.74, 6) is 0.801. The van der Waals surface area contributed by atoms with Gasteiger partial charge in [0, 0.05) is 13.0 Å². The van der Waals surface area contributed by atoms with Crippen molar-refractivity contribution in [3.63, 3.8) is 0 Å². The van der Waals surface area contributed by atoms with E-state index in [2.05, 4.69) is 10.2 Å². The van der Waals surface area contributed by atoms with E-state index in [1.54, 1.807) is 0 Å². The van der Waals surface area contributed by atoms with Crippen LogP contribution >= 0.6 is 0 Å². The van der Waals surface area contributed by atoms with Crippen molar-refractivity contribution in [3.8, 4) is 0 Å². The van der Waals surface area contributed by atoms with Gasteiger partial charge in [-0.1, -0.05) is 10.3 Å². The molecule has 0 N–H and O–H groups in total. The lowest BCUT2D eigenvalue weighted by Crippen LogP contribution is -2.15. The number of nitrogens with zero attached hydrogens (tertiary/aromatic N) is 3. The lowest BCUT2D eigenvalue weighted by Gasteiger charge is -2.23. The molecule has 0 aliphatic heterocycles. The number of aromatic nitrogens is 3. The molecule has 78 valence electrons. The second-order valence-electron chi connectivity index (χ2n) is 3.47. The van der Waals surface area contributed by atoms with Crippen LogP contribution in [0.3, 0.4) is 0 Å². The Morgan fingerprint density at radius 3 is 2.43 bits per heavy atom. The van der Waals surface area contributed by atoms with E-state index in [0.717, 1.165) is 19.3 Å². The maximum absolute atomic E-state index is 12.6. The van der Waals surface area contributed by atoms with Gasteiger partial charge in [-0.05, 0) is 12.8 Å². The van der Waals surface area contributed by atoms with Crippen molar-refractivity contribution in [3.05, 3.63) is 5.82 Å². The zero-order valence-electron chi connectivity index (χ0n) is 7.64. The van der Waals surface area contributed by atoms with Crippen LogP contribution in [0, 0.1) is 0 Å². The Kier molecular flexibility index (Phi) is 2.06. The van der Waals surface area contributed by atoms with Crippen LogP contribution in [0.1, 0.15) is 31.0 Å². The van der Waals surface area contributed by atoms with Crippen molar-refractivity contribution < 1.29 is 12.3 Å². The van der Waals surface area contributed by atoms with E-state index in [9.17, 15) is 12.3 Å². The van der Waals surface area contributed by atoms with Crippen molar-refractivity contribution in [2.45, 2.75) is 30.3 Å². The Hall–Kier alpha value is -0.980. The Balaban J connectivity index is 2.42. The van der Waals surface area contributed by atoms with Crippen molar-refractivity contribution in [1.29, 1.82) is 0 Å². The minimum atomic E-state index is -4.74. The molecule has 14 heavy (non-hydrogen) atoms. The summed E-state index contributed by atoms with van der Waals surface area (Å²) in [6.07, 6.45) is 3.05. The molecule has 1 aromatic rings. The summed E-state index contributed by atoms with van der Waals surface area (Å²) in [6, 6.07) is 0. The van der Waals surface area contributed by atoms with Gasteiger partial charge in [-0.2, -0.15) is 8.42 Å². The first-order valence-electron chi connectivity index (χ1n) is 4.34. The van der Waals surface area contributed by atoms with Gasteiger partial charge in [-0.25, -0.2) is 0 Å². The number of hydrogen-bond acceptors (Lipinski definition) is 4. The lowest BCUT2D eigenvalue weighted by atomic mass is 9.85. The Morgan fingerprint density at radius 1 is 1.43 bits per heavy atom. The van der Waals surface area contributed by atoms with E-state index < -0.39 is 15.4 Å². The molecular weight excluding hydrogens is 209 g/mol. The summed E-state index contributed by atoms with van der Waals surface area (Å²) < 4.78 is 35.1. The molecule has 1 heterocycles. The Labute approximate surface area is 81.2 Å². The summed E-state index contributed by atoms with van der Waals surface area (Å²) in [4.78, 5) is 0. The molecule has 0 spiro atoms. The number of halogens is 1. The summed E-state index contributed by atoms with van der Waals surface area (Å²) in [5, 5.41) is 6.44. The highest BCUT2D eigenvalue weighted by Crippen LogP contribution is 2.35. The first kappa shape index (κ1) is 9.57. The fourth-order valence-corrected chi connectivity index (χ4v) is 2.12. The van der Waals surface area contributed by atoms with Crippen LogP contribution in [-0.4, -0.2) is 23.2 Å². The first-order valence-corrected chi connectivity index (χ1v) is 5.72. The lowest BCUT2D eigenvalue weighted by molar-refractivity contribution is 0.389. The Morgan fingerprint density at radius 2 is 2.07 bits per heavy atom. The molecule has 1 aliphatic carbocycles. The second-order valence-corrected chi connectivity index (χ2v) is 4.71. The normalized spacial score (nSPS) is 18.1. The van der Waals surface area contributed by atoms with Gasteiger partial charge < -0.3 is 4.57 Å². The molecule has 0 aromatic carbocycles. The number of hydrogen-bond donors (Lipinski definition) is 0. The molecule has 0 saturated heterocycles. The van der Waals surface area contributed by atoms with Gasteiger partial charge in [-0.3, -0.25) is 0 Å². The maximum Gasteiger partial charge on any atom is 0.368 e. The van der Waals surface area contributed by atoms with Crippen molar-refractivity contribution in [2.24, 2.45) is 7.05 Å². The maximum atomic E-state index is 12.6. The predicted molar refractivity (Wildman–Crippen MR) is 45.9 cm³/mol. The van der Waals surface area contributed by atoms with Gasteiger partial charge in [0.2, 0.25) is 0 Å². The molecule has 0 atom stereocenters. The van der Waals surface area contributed by atoms with Crippen LogP contribution in [0.25, 0.3) is 0 Å². The van der Waals surface area contributed by atoms with Gasteiger partial charge in [0.15, 0.2) is 0 Å². The Bertz CT molecular complexity index is 450. The van der Waals surface area contributed by atoms with E-state index in [1.807, 2.05) is 0 Å². The largest absolute Gasteiger partial charge is 0.368 e. The zero-order valence-corrected chi connectivity index (χ0v) is 8.46. The molecule has 1 aliphatic rings. The van der Waals surface area contributed by atoms with Crippen molar-refractivity contribution >= 4 is 10.2 Å². The van der Waals surface area contributed by atoms with Crippen LogP contribution in [0.2, 0.25) is 0 Å². The standard InChI is InChI=1S/C7H10FN3O2S/c1-11-6(5-3-2-4-5)9-10-7(11)14(8,12)13/h5H,2-4H2,1H3. The molecule has 2 rings (SSSR count). The van der Waals surface area contributed by atoms with Crippen molar-refractivity contribution in [1.82, 2.24) is 14.8 Å². The van der Waals surface area contributed by atoms with E-state index in [4.69, 9.17) is 0 Å². The average molecular weight is 219 g/mol. The van der Waals surface area contributed by atoms with Crippen molar-refractivity contribution in [2.75, 3.05) is 0 Å². The molecule has 0 bridgehead atoms. The van der Waals surface area contributed by atoms with Crippen LogP contribution in [-0.2, 0) is 17.3 Å². The van der Waals surface area contributed by atoms with E-state index in [-0.39, 0.29) is 5.92 Å². The van der Waals surface area contributed by atoms with Gasteiger partial charge in [-0.15, -0.1) is 10.2 Å². The fraction of sp³-hybridized carbons (Fsp3) is 0.714. The monoisotopic (exact) mass is 219 g/mol. The minimum Gasteiger partial charge on any atom is -0.303 e. The van der Waals surface area contributed by atoms with Gasteiger partial charge in [0.25, 0.3) is 5.16 Å². The third-order valence-corrected chi connectivity index (χ3v) is 3.35. The highest BCUT2D eigenvalue weighted by atomic mass is 32.3. The molecule has 1 saturated carbocycles. The average Bonchev–Trinajstić information content (AvgIpc) is 2.28.